The van der Waals surface area contributed by atoms with E-state index in [2.05, 4.69) is 53.8 Å². The van der Waals surface area contributed by atoms with Gasteiger partial charge in [0.2, 0.25) is 17.8 Å². The third-order valence-electron chi connectivity index (χ3n) is 5.49. The van der Waals surface area contributed by atoms with E-state index in [4.69, 9.17) is 9.72 Å². The molecule has 10 heteroatoms. The number of fused-ring (bicyclic) bond motifs is 1. The highest BCUT2D eigenvalue weighted by Crippen LogP contribution is 2.32. The highest BCUT2D eigenvalue weighted by Gasteiger charge is 2.23. The number of pyridine rings is 1. The number of nitrogens with one attached hydrogen (secondary N) is 2. The summed E-state index contributed by atoms with van der Waals surface area (Å²) in [4.78, 5) is 34.5. The van der Waals surface area contributed by atoms with E-state index in [9.17, 15) is 4.79 Å². The number of ether oxygens (including phenoxy) is 1. The first-order chi connectivity index (χ1) is 15.8. The minimum absolute atomic E-state index is 0.280. The molecule has 1 fully saturated rings. The summed E-state index contributed by atoms with van der Waals surface area (Å²) in [6.07, 6.45) is 5.18. The van der Waals surface area contributed by atoms with Crippen LogP contribution in [0.5, 0.6) is 0 Å². The summed E-state index contributed by atoms with van der Waals surface area (Å²) in [6.45, 7) is 3.45. The third kappa shape index (κ3) is 4.30. The van der Waals surface area contributed by atoms with Crippen molar-refractivity contribution in [3.8, 4) is 0 Å². The molecule has 0 atom stereocenters. The first kappa shape index (κ1) is 20.1. The van der Waals surface area contributed by atoms with E-state index in [1.165, 1.54) is 5.56 Å². The minimum Gasteiger partial charge on any atom is -0.378 e. The van der Waals surface area contributed by atoms with Crippen molar-refractivity contribution in [2.75, 3.05) is 48.1 Å². The molecule has 0 unspecified atom stereocenters. The van der Waals surface area contributed by atoms with Crippen LogP contribution in [0.25, 0.3) is 0 Å². The molecule has 10 nitrogen and oxygen atoms in total. The van der Waals surface area contributed by atoms with E-state index in [-0.39, 0.29) is 11.9 Å². The zero-order chi connectivity index (χ0) is 21.8. The zero-order valence-corrected chi connectivity index (χ0v) is 17.6. The van der Waals surface area contributed by atoms with Crippen molar-refractivity contribution in [3.05, 3.63) is 59.9 Å². The van der Waals surface area contributed by atoms with Crippen molar-refractivity contribution in [2.24, 2.45) is 0 Å². The Hall–Kier alpha value is -3.79. The van der Waals surface area contributed by atoms with Gasteiger partial charge in [-0.15, -0.1) is 0 Å². The highest BCUT2D eigenvalue weighted by atomic mass is 16.5. The predicted octanol–water partition coefficient (Wildman–Crippen LogP) is 1.94. The molecular formula is C22H24N8O2. The van der Waals surface area contributed by atoms with Gasteiger partial charge in [-0.1, -0.05) is 18.2 Å². The lowest BCUT2D eigenvalue weighted by Gasteiger charge is -2.31. The van der Waals surface area contributed by atoms with Crippen molar-refractivity contribution >= 4 is 29.4 Å². The molecule has 2 aliphatic heterocycles. The number of hydrogen-bond acceptors (Lipinski definition) is 9. The smallest absolute Gasteiger partial charge is 0.269 e. The number of carbonyl (C=O) groups is 1. The Morgan fingerprint density at radius 1 is 0.938 bits per heavy atom. The van der Waals surface area contributed by atoms with Crippen LogP contribution in [0.3, 0.4) is 0 Å². The van der Waals surface area contributed by atoms with E-state index in [0.29, 0.717) is 43.8 Å². The summed E-state index contributed by atoms with van der Waals surface area (Å²) in [5.41, 5.74) is 8.38. The topological polar surface area (TPSA) is 108 Å². The van der Waals surface area contributed by atoms with Gasteiger partial charge in [0.15, 0.2) is 0 Å². The van der Waals surface area contributed by atoms with Crippen LogP contribution in [-0.2, 0) is 11.2 Å². The Morgan fingerprint density at radius 2 is 1.72 bits per heavy atom. The molecule has 0 bridgehead atoms. The van der Waals surface area contributed by atoms with E-state index in [1.54, 1.807) is 24.5 Å². The second kappa shape index (κ2) is 9.15. The van der Waals surface area contributed by atoms with Crippen molar-refractivity contribution < 1.29 is 9.53 Å². The molecule has 2 N–H and O–H groups in total. The van der Waals surface area contributed by atoms with Crippen LogP contribution >= 0.6 is 0 Å². The molecule has 1 aromatic carbocycles. The standard InChI is InChI=1S/C22H24N8O2/c31-19(17-7-9-23-10-8-17)27-28-20-24-21(29-12-14-32-15-13-29)26-22(25-20)30-11-3-5-16-4-1-2-6-18(16)30/h1-2,4,6-10H,3,5,11-15H2,(H,27,31)(H,24,25,26,28). The molecule has 164 valence electrons. The first-order valence-electron chi connectivity index (χ1n) is 10.7. The van der Waals surface area contributed by atoms with Crippen LogP contribution in [0.15, 0.2) is 48.8 Å². The lowest BCUT2D eigenvalue weighted by molar-refractivity contribution is 0.0962. The molecule has 1 saturated heterocycles. The second-order valence-electron chi connectivity index (χ2n) is 7.56. The SMILES string of the molecule is O=C(NNc1nc(N2CCOCC2)nc(N2CCCc3ccccc32)n1)c1ccncc1. The number of anilines is 4. The number of amides is 1. The fraction of sp³-hybridized carbons (Fsp3) is 0.318. The average Bonchev–Trinajstić information content (AvgIpc) is 2.88. The lowest BCUT2D eigenvalue weighted by atomic mass is 10.0. The fourth-order valence-corrected chi connectivity index (χ4v) is 3.86. The second-order valence-corrected chi connectivity index (χ2v) is 7.56. The monoisotopic (exact) mass is 432 g/mol. The molecule has 0 radical (unpaired) electrons. The number of hydrazine groups is 1. The maximum atomic E-state index is 12.4. The van der Waals surface area contributed by atoms with E-state index >= 15 is 0 Å². The van der Waals surface area contributed by atoms with Crippen molar-refractivity contribution in [1.82, 2.24) is 25.4 Å². The van der Waals surface area contributed by atoms with Gasteiger partial charge in [0.1, 0.15) is 0 Å². The maximum Gasteiger partial charge on any atom is 0.269 e. The van der Waals surface area contributed by atoms with Crippen LogP contribution in [0.2, 0.25) is 0 Å². The molecule has 0 spiro atoms. The van der Waals surface area contributed by atoms with Crippen LogP contribution < -0.4 is 20.7 Å². The average molecular weight is 432 g/mol. The summed E-state index contributed by atoms with van der Waals surface area (Å²) < 4.78 is 5.47. The van der Waals surface area contributed by atoms with Crippen LogP contribution in [0.1, 0.15) is 22.3 Å². The Balaban J connectivity index is 1.45. The number of carbonyl (C=O) groups excluding carboxylic acids is 1. The molecule has 2 aliphatic rings. The number of morpholine rings is 1. The molecule has 3 aromatic rings. The molecular weight excluding hydrogens is 408 g/mol. The number of hydrogen-bond donors (Lipinski definition) is 2. The van der Waals surface area contributed by atoms with Crippen molar-refractivity contribution in [2.45, 2.75) is 12.8 Å². The largest absolute Gasteiger partial charge is 0.378 e. The van der Waals surface area contributed by atoms with Crippen LogP contribution in [0.4, 0.5) is 23.5 Å². The van der Waals surface area contributed by atoms with Gasteiger partial charge in [-0.2, -0.15) is 15.0 Å². The van der Waals surface area contributed by atoms with Gasteiger partial charge in [0, 0.05) is 43.3 Å². The van der Waals surface area contributed by atoms with Gasteiger partial charge in [-0.3, -0.25) is 20.6 Å². The van der Waals surface area contributed by atoms with Gasteiger partial charge < -0.3 is 14.5 Å². The third-order valence-corrected chi connectivity index (χ3v) is 5.49. The first-order valence-corrected chi connectivity index (χ1v) is 10.7. The lowest BCUT2D eigenvalue weighted by Crippen LogP contribution is -2.38. The summed E-state index contributed by atoms with van der Waals surface area (Å²) in [5.74, 6) is 1.09. The number of nitrogens with zero attached hydrogens (tertiary/aromatic N) is 6. The Bertz CT molecular complexity index is 1090. The fourth-order valence-electron chi connectivity index (χ4n) is 3.86. The molecule has 2 aromatic heterocycles. The number of aryl methyl sites for hydroxylation is 1. The molecule has 1 amide bonds. The van der Waals surface area contributed by atoms with Gasteiger partial charge >= 0.3 is 0 Å². The van der Waals surface area contributed by atoms with Crippen molar-refractivity contribution in [3.63, 3.8) is 0 Å². The van der Waals surface area contributed by atoms with E-state index in [1.807, 2.05) is 6.07 Å². The van der Waals surface area contributed by atoms with Gasteiger partial charge in [0.05, 0.1) is 13.2 Å². The van der Waals surface area contributed by atoms with Crippen LogP contribution in [-0.4, -0.2) is 58.7 Å². The summed E-state index contributed by atoms with van der Waals surface area (Å²) in [6, 6.07) is 11.6. The van der Waals surface area contributed by atoms with Gasteiger partial charge in [0.25, 0.3) is 5.91 Å². The van der Waals surface area contributed by atoms with Gasteiger partial charge in [-0.05, 0) is 36.6 Å². The summed E-state index contributed by atoms with van der Waals surface area (Å²) in [7, 11) is 0. The number of aromatic nitrogens is 4. The van der Waals surface area contributed by atoms with Crippen LogP contribution in [0, 0.1) is 0 Å². The van der Waals surface area contributed by atoms with E-state index < -0.39 is 0 Å². The number of para-hydroxylation sites is 1. The van der Waals surface area contributed by atoms with Gasteiger partial charge in [-0.25, -0.2) is 0 Å². The Morgan fingerprint density at radius 3 is 2.56 bits per heavy atom. The zero-order valence-electron chi connectivity index (χ0n) is 17.6. The Labute approximate surface area is 185 Å². The van der Waals surface area contributed by atoms with E-state index in [0.717, 1.165) is 25.1 Å². The summed E-state index contributed by atoms with van der Waals surface area (Å²) in [5, 5.41) is 0. The van der Waals surface area contributed by atoms with Crippen molar-refractivity contribution in [1.29, 1.82) is 0 Å². The normalized spacial score (nSPS) is 15.8. The minimum atomic E-state index is -0.300. The quantitative estimate of drug-likeness (QED) is 0.585. The molecule has 32 heavy (non-hydrogen) atoms. The maximum absolute atomic E-state index is 12.4. The molecule has 4 heterocycles. The summed E-state index contributed by atoms with van der Waals surface area (Å²) >= 11 is 0. The molecule has 0 aliphatic carbocycles. The molecule has 0 saturated carbocycles. The number of benzene rings is 1. The number of rotatable bonds is 5. The predicted molar refractivity (Wildman–Crippen MR) is 120 cm³/mol. The Kier molecular flexibility index (Phi) is 5.75. The molecule has 5 rings (SSSR count). The highest BCUT2D eigenvalue weighted by molar-refractivity contribution is 5.94.